The van der Waals surface area contributed by atoms with Crippen LogP contribution in [0.5, 0.6) is 0 Å². The first-order valence-electron chi connectivity index (χ1n) is 4.39. The van der Waals surface area contributed by atoms with E-state index in [1.165, 1.54) is 12.1 Å². The molecule has 0 spiro atoms. The quantitative estimate of drug-likeness (QED) is 0.742. The predicted molar refractivity (Wildman–Crippen MR) is 49.3 cm³/mol. The van der Waals surface area contributed by atoms with Crippen molar-refractivity contribution in [2.45, 2.75) is 6.18 Å². The minimum Gasteiger partial charge on any atom is -0.441 e. The normalized spacial score (nSPS) is 15.9. The minimum atomic E-state index is -4.40. The van der Waals surface area contributed by atoms with Crippen molar-refractivity contribution >= 4 is 11.8 Å². The molecule has 3 nitrogen and oxygen atoms in total. The molecule has 0 radical (unpaired) electrons. The van der Waals surface area contributed by atoms with Crippen LogP contribution in [0, 0.1) is 0 Å². The number of hydrogen-bond donors (Lipinski definition) is 0. The van der Waals surface area contributed by atoms with Gasteiger partial charge in [0, 0.05) is 5.56 Å². The molecule has 1 amide bonds. The maximum absolute atomic E-state index is 12.4. The van der Waals surface area contributed by atoms with Crippen LogP contribution in [0.4, 0.5) is 18.0 Å². The van der Waals surface area contributed by atoms with Crippen molar-refractivity contribution in [1.29, 1.82) is 0 Å². The van der Waals surface area contributed by atoms with Crippen LogP contribution in [-0.4, -0.2) is 18.4 Å². The highest BCUT2D eigenvalue weighted by Crippen LogP contribution is 2.29. The average molecular weight is 229 g/mol. The summed E-state index contributed by atoms with van der Waals surface area (Å²) in [5.74, 6) is 0. The average Bonchev–Trinajstić information content (AvgIpc) is 2.64. The largest absolute Gasteiger partial charge is 0.441 e. The van der Waals surface area contributed by atoms with E-state index < -0.39 is 17.8 Å². The van der Waals surface area contributed by atoms with E-state index in [1.54, 1.807) is 0 Å². The number of cyclic esters (lactones) is 1. The van der Waals surface area contributed by atoms with Gasteiger partial charge in [-0.3, -0.25) is 0 Å². The van der Waals surface area contributed by atoms with E-state index in [2.05, 4.69) is 9.73 Å². The van der Waals surface area contributed by atoms with Gasteiger partial charge in [0.25, 0.3) is 0 Å². The van der Waals surface area contributed by atoms with Crippen LogP contribution in [0.2, 0.25) is 0 Å². The molecule has 0 saturated heterocycles. The first kappa shape index (κ1) is 10.7. The Morgan fingerprint density at radius 3 is 2.62 bits per heavy atom. The molecule has 1 aromatic rings. The first-order valence-corrected chi connectivity index (χ1v) is 4.39. The first-order chi connectivity index (χ1) is 7.47. The Morgan fingerprint density at radius 2 is 2.06 bits per heavy atom. The second-order valence-corrected chi connectivity index (χ2v) is 3.19. The monoisotopic (exact) mass is 229 g/mol. The molecule has 84 valence electrons. The van der Waals surface area contributed by atoms with Crippen LogP contribution in [0.15, 0.2) is 29.3 Å². The van der Waals surface area contributed by atoms with Crippen LogP contribution in [-0.2, 0) is 10.9 Å². The summed E-state index contributed by atoms with van der Waals surface area (Å²) in [4.78, 5) is 14.1. The Labute approximate surface area is 88.6 Å². The summed E-state index contributed by atoms with van der Waals surface area (Å²) in [6.07, 6.45) is -5.17. The molecule has 0 saturated carbocycles. The number of halogens is 3. The van der Waals surface area contributed by atoms with E-state index in [1.807, 2.05) is 0 Å². The van der Waals surface area contributed by atoms with Gasteiger partial charge in [-0.15, -0.1) is 0 Å². The lowest BCUT2D eigenvalue weighted by molar-refractivity contribution is -0.137. The zero-order valence-electron chi connectivity index (χ0n) is 7.91. The standard InChI is InChI=1S/C10H6F3NO2/c11-10(12,13)7-3-1-2-6(4-7)8-5-16-9(15)14-8/h1-4H,5H2. The van der Waals surface area contributed by atoms with E-state index in [-0.39, 0.29) is 17.9 Å². The molecule has 2 rings (SSSR count). The third-order valence-electron chi connectivity index (χ3n) is 2.08. The summed E-state index contributed by atoms with van der Waals surface area (Å²) < 4.78 is 41.7. The molecule has 0 fully saturated rings. The molecule has 0 aromatic heterocycles. The van der Waals surface area contributed by atoms with Crippen molar-refractivity contribution in [2.75, 3.05) is 6.61 Å². The van der Waals surface area contributed by atoms with Crippen LogP contribution in [0.1, 0.15) is 11.1 Å². The fourth-order valence-electron chi connectivity index (χ4n) is 1.33. The number of carbonyl (C=O) groups is 1. The molecule has 0 unspecified atom stereocenters. The minimum absolute atomic E-state index is 0.0832. The topological polar surface area (TPSA) is 38.7 Å². The van der Waals surface area contributed by atoms with Crippen molar-refractivity contribution < 1.29 is 22.7 Å². The lowest BCUT2D eigenvalue weighted by Crippen LogP contribution is -2.08. The highest BCUT2D eigenvalue weighted by atomic mass is 19.4. The fourth-order valence-corrected chi connectivity index (χ4v) is 1.33. The Bertz CT molecular complexity index is 465. The van der Waals surface area contributed by atoms with E-state index >= 15 is 0 Å². The van der Waals surface area contributed by atoms with Crippen LogP contribution in [0.25, 0.3) is 0 Å². The molecule has 16 heavy (non-hydrogen) atoms. The van der Waals surface area contributed by atoms with Gasteiger partial charge in [-0.2, -0.15) is 18.2 Å². The van der Waals surface area contributed by atoms with Gasteiger partial charge in [-0.1, -0.05) is 12.1 Å². The number of benzene rings is 1. The highest BCUT2D eigenvalue weighted by molar-refractivity contribution is 6.09. The summed E-state index contributed by atoms with van der Waals surface area (Å²) in [7, 11) is 0. The van der Waals surface area contributed by atoms with Crippen molar-refractivity contribution in [1.82, 2.24) is 0 Å². The Kier molecular flexibility index (Phi) is 2.41. The van der Waals surface area contributed by atoms with Gasteiger partial charge in [0.15, 0.2) is 0 Å². The number of rotatable bonds is 1. The molecule has 0 N–H and O–H groups in total. The second-order valence-electron chi connectivity index (χ2n) is 3.19. The Hall–Kier alpha value is -1.85. The second kappa shape index (κ2) is 3.62. The zero-order valence-corrected chi connectivity index (χ0v) is 7.91. The Balaban J connectivity index is 2.37. The van der Waals surface area contributed by atoms with Gasteiger partial charge >= 0.3 is 12.3 Å². The lowest BCUT2D eigenvalue weighted by atomic mass is 10.1. The van der Waals surface area contributed by atoms with Gasteiger partial charge in [-0.05, 0) is 12.1 Å². The summed E-state index contributed by atoms with van der Waals surface area (Å²) in [6, 6.07) is 4.63. The molecule has 1 aromatic carbocycles. The van der Waals surface area contributed by atoms with Gasteiger partial charge in [0.05, 0.1) is 11.3 Å². The number of amides is 1. The van der Waals surface area contributed by atoms with Crippen LogP contribution < -0.4 is 0 Å². The van der Waals surface area contributed by atoms with Crippen LogP contribution >= 0.6 is 0 Å². The predicted octanol–water partition coefficient (Wildman–Crippen LogP) is 2.64. The molecule has 1 aliphatic rings. The Morgan fingerprint density at radius 1 is 1.31 bits per heavy atom. The van der Waals surface area contributed by atoms with Gasteiger partial charge in [0.1, 0.15) is 6.61 Å². The van der Waals surface area contributed by atoms with E-state index in [0.717, 1.165) is 12.1 Å². The summed E-state index contributed by atoms with van der Waals surface area (Å²) in [5.41, 5.74) is -0.302. The van der Waals surface area contributed by atoms with E-state index in [4.69, 9.17) is 0 Å². The van der Waals surface area contributed by atoms with Gasteiger partial charge < -0.3 is 4.74 Å². The van der Waals surface area contributed by atoms with E-state index in [9.17, 15) is 18.0 Å². The molecule has 0 bridgehead atoms. The number of nitrogens with zero attached hydrogens (tertiary/aromatic N) is 1. The number of carbonyl (C=O) groups excluding carboxylic acids is 1. The summed E-state index contributed by atoms with van der Waals surface area (Å²) in [6.45, 7) is -0.0832. The summed E-state index contributed by atoms with van der Waals surface area (Å²) >= 11 is 0. The third-order valence-corrected chi connectivity index (χ3v) is 2.08. The van der Waals surface area contributed by atoms with Crippen molar-refractivity contribution in [3.05, 3.63) is 35.4 Å². The number of alkyl halides is 3. The molecule has 1 heterocycles. The maximum atomic E-state index is 12.4. The van der Waals surface area contributed by atoms with E-state index in [0.29, 0.717) is 0 Å². The van der Waals surface area contributed by atoms with Gasteiger partial charge in [-0.25, -0.2) is 4.79 Å². The zero-order chi connectivity index (χ0) is 11.8. The lowest BCUT2D eigenvalue weighted by Gasteiger charge is -2.07. The maximum Gasteiger partial charge on any atom is 0.434 e. The van der Waals surface area contributed by atoms with Crippen LogP contribution in [0.3, 0.4) is 0 Å². The van der Waals surface area contributed by atoms with Crippen molar-refractivity contribution in [3.8, 4) is 0 Å². The fraction of sp³-hybridized carbons (Fsp3) is 0.200. The molecule has 0 atom stereocenters. The molecule has 1 aliphatic heterocycles. The number of aliphatic imine (C=N–C) groups is 1. The highest BCUT2D eigenvalue weighted by Gasteiger charge is 2.31. The molecular weight excluding hydrogens is 223 g/mol. The number of ether oxygens (including phenoxy) is 1. The van der Waals surface area contributed by atoms with Gasteiger partial charge in [0.2, 0.25) is 0 Å². The molecular formula is C10H6F3NO2. The molecule has 6 heteroatoms. The third kappa shape index (κ3) is 2.05. The number of hydrogen-bond acceptors (Lipinski definition) is 2. The SMILES string of the molecule is O=C1N=C(c2cccc(C(F)(F)F)c2)CO1. The van der Waals surface area contributed by atoms with Crippen molar-refractivity contribution in [2.24, 2.45) is 4.99 Å². The van der Waals surface area contributed by atoms with Crippen molar-refractivity contribution in [3.63, 3.8) is 0 Å². The summed E-state index contributed by atoms with van der Waals surface area (Å²) in [5, 5.41) is 0. The smallest absolute Gasteiger partial charge is 0.434 e. The molecule has 0 aliphatic carbocycles.